The first-order valence-corrected chi connectivity index (χ1v) is 6.16. The molecule has 3 nitrogen and oxygen atoms in total. The van der Waals surface area contributed by atoms with Crippen LogP contribution in [-0.2, 0) is 13.1 Å². The lowest BCUT2D eigenvalue weighted by Crippen LogP contribution is -2.18. The molecule has 3 rings (SSSR count). The molecule has 1 aliphatic rings. The summed E-state index contributed by atoms with van der Waals surface area (Å²) >= 11 is 0. The minimum atomic E-state index is -0.222. The van der Waals surface area contributed by atoms with Crippen LogP contribution in [0.3, 0.4) is 0 Å². The Labute approximate surface area is 99.7 Å². The molecule has 1 aliphatic carbocycles. The van der Waals surface area contributed by atoms with E-state index in [1.54, 1.807) is 0 Å². The smallest absolute Gasteiger partial charge is 0.125 e. The van der Waals surface area contributed by atoms with Crippen molar-refractivity contribution >= 4 is 11.0 Å². The molecule has 1 fully saturated rings. The SMILES string of the molecule is CCn1c(CNC2CC2)nc2cc(F)ccc21. The predicted octanol–water partition coefficient (Wildman–Crippen LogP) is 2.45. The largest absolute Gasteiger partial charge is 0.327 e. The quantitative estimate of drug-likeness (QED) is 0.879. The number of aryl methyl sites for hydroxylation is 1. The summed E-state index contributed by atoms with van der Waals surface area (Å²) in [6.07, 6.45) is 2.53. The Kier molecular flexibility index (Phi) is 2.59. The number of hydrogen-bond acceptors (Lipinski definition) is 2. The topological polar surface area (TPSA) is 29.9 Å². The third kappa shape index (κ3) is 2.05. The average Bonchev–Trinajstić information content (AvgIpc) is 3.07. The third-order valence-corrected chi connectivity index (χ3v) is 3.23. The fourth-order valence-electron chi connectivity index (χ4n) is 2.16. The van der Waals surface area contributed by atoms with Crippen LogP contribution in [0.5, 0.6) is 0 Å². The van der Waals surface area contributed by atoms with Crippen LogP contribution in [0.1, 0.15) is 25.6 Å². The van der Waals surface area contributed by atoms with E-state index in [1.807, 2.05) is 6.07 Å². The van der Waals surface area contributed by atoms with Gasteiger partial charge in [0, 0.05) is 18.7 Å². The van der Waals surface area contributed by atoms with E-state index in [2.05, 4.69) is 21.8 Å². The molecule has 1 aromatic carbocycles. The summed E-state index contributed by atoms with van der Waals surface area (Å²) in [7, 11) is 0. The summed E-state index contributed by atoms with van der Waals surface area (Å²) in [5.74, 6) is 0.778. The third-order valence-electron chi connectivity index (χ3n) is 3.23. The van der Waals surface area contributed by atoms with Gasteiger partial charge < -0.3 is 9.88 Å². The molecular weight excluding hydrogens is 217 g/mol. The number of halogens is 1. The summed E-state index contributed by atoms with van der Waals surface area (Å²) in [5, 5.41) is 3.45. The van der Waals surface area contributed by atoms with Crippen molar-refractivity contribution in [3.8, 4) is 0 Å². The maximum atomic E-state index is 13.1. The number of imidazole rings is 1. The Bertz CT molecular complexity index is 543. The van der Waals surface area contributed by atoms with E-state index in [1.165, 1.54) is 25.0 Å². The van der Waals surface area contributed by atoms with Gasteiger partial charge in [-0.15, -0.1) is 0 Å². The van der Waals surface area contributed by atoms with Crippen LogP contribution in [0.15, 0.2) is 18.2 Å². The molecule has 17 heavy (non-hydrogen) atoms. The van der Waals surface area contributed by atoms with E-state index in [0.717, 1.165) is 29.9 Å². The van der Waals surface area contributed by atoms with Crippen LogP contribution < -0.4 is 5.32 Å². The Morgan fingerprint density at radius 2 is 2.29 bits per heavy atom. The number of rotatable bonds is 4. The van der Waals surface area contributed by atoms with Crippen LogP contribution in [0.2, 0.25) is 0 Å². The van der Waals surface area contributed by atoms with Gasteiger partial charge in [-0.3, -0.25) is 0 Å². The normalized spacial score (nSPS) is 15.6. The first-order chi connectivity index (χ1) is 8.28. The maximum Gasteiger partial charge on any atom is 0.125 e. The van der Waals surface area contributed by atoms with Gasteiger partial charge in [0.15, 0.2) is 0 Å². The summed E-state index contributed by atoms with van der Waals surface area (Å²) in [5.41, 5.74) is 1.76. The lowest BCUT2D eigenvalue weighted by Gasteiger charge is -2.06. The standard InChI is InChI=1S/C13H16FN3/c1-2-17-12-6-3-9(14)7-11(12)16-13(17)8-15-10-4-5-10/h3,6-7,10,15H,2,4-5,8H2,1H3. The second-order valence-corrected chi connectivity index (χ2v) is 4.56. The van der Waals surface area contributed by atoms with Gasteiger partial charge in [-0.1, -0.05) is 0 Å². The van der Waals surface area contributed by atoms with Crippen molar-refractivity contribution in [3.05, 3.63) is 29.8 Å². The number of aromatic nitrogens is 2. The zero-order valence-corrected chi connectivity index (χ0v) is 9.91. The highest BCUT2D eigenvalue weighted by molar-refractivity contribution is 5.76. The van der Waals surface area contributed by atoms with Gasteiger partial charge in [0.1, 0.15) is 11.6 Å². The van der Waals surface area contributed by atoms with Crippen molar-refractivity contribution in [2.24, 2.45) is 0 Å². The first kappa shape index (κ1) is 10.7. The van der Waals surface area contributed by atoms with Crippen molar-refractivity contribution in [2.75, 3.05) is 0 Å². The molecule has 1 N–H and O–H groups in total. The molecule has 90 valence electrons. The van der Waals surface area contributed by atoms with E-state index in [-0.39, 0.29) is 5.82 Å². The van der Waals surface area contributed by atoms with Crippen LogP contribution >= 0.6 is 0 Å². The molecule has 1 aromatic heterocycles. The highest BCUT2D eigenvalue weighted by atomic mass is 19.1. The maximum absolute atomic E-state index is 13.1. The second-order valence-electron chi connectivity index (χ2n) is 4.56. The molecule has 0 aliphatic heterocycles. The molecule has 2 aromatic rings. The molecule has 0 saturated heterocycles. The van der Waals surface area contributed by atoms with E-state index in [4.69, 9.17) is 0 Å². The van der Waals surface area contributed by atoms with Crippen LogP contribution in [-0.4, -0.2) is 15.6 Å². The fraction of sp³-hybridized carbons (Fsp3) is 0.462. The fourth-order valence-corrected chi connectivity index (χ4v) is 2.16. The lowest BCUT2D eigenvalue weighted by atomic mass is 10.3. The van der Waals surface area contributed by atoms with Crippen molar-refractivity contribution in [2.45, 2.75) is 38.9 Å². The molecule has 1 saturated carbocycles. The Morgan fingerprint density at radius 1 is 1.47 bits per heavy atom. The number of nitrogens with zero attached hydrogens (tertiary/aromatic N) is 2. The first-order valence-electron chi connectivity index (χ1n) is 6.16. The van der Waals surface area contributed by atoms with Gasteiger partial charge in [-0.2, -0.15) is 0 Å². The van der Waals surface area contributed by atoms with Crippen molar-refractivity contribution < 1.29 is 4.39 Å². The summed E-state index contributed by atoms with van der Waals surface area (Å²) in [6, 6.07) is 5.47. The van der Waals surface area contributed by atoms with Gasteiger partial charge in [-0.25, -0.2) is 9.37 Å². The summed E-state index contributed by atoms with van der Waals surface area (Å²) in [6.45, 7) is 3.73. The molecule has 0 unspecified atom stereocenters. The minimum Gasteiger partial charge on any atom is -0.327 e. The molecule has 0 amide bonds. The second kappa shape index (κ2) is 4.11. The highest BCUT2D eigenvalue weighted by Crippen LogP contribution is 2.21. The molecule has 4 heteroatoms. The highest BCUT2D eigenvalue weighted by Gasteiger charge is 2.21. The number of fused-ring (bicyclic) bond motifs is 1. The molecule has 0 spiro atoms. The average molecular weight is 233 g/mol. The van der Waals surface area contributed by atoms with Crippen LogP contribution in [0.25, 0.3) is 11.0 Å². The van der Waals surface area contributed by atoms with Gasteiger partial charge in [0.25, 0.3) is 0 Å². The summed E-state index contributed by atoms with van der Waals surface area (Å²) < 4.78 is 15.3. The molecule has 0 bridgehead atoms. The van der Waals surface area contributed by atoms with Crippen molar-refractivity contribution in [1.82, 2.24) is 14.9 Å². The zero-order chi connectivity index (χ0) is 11.8. The van der Waals surface area contributed by atoms with Crippen molar-refractivity contribution in [3.63, 3.8) is 0 Å². The van der Waals surface area contributed by atoms with Crippen LogP contribution in [0.4, 0.5) is 4.39 Å². The molecule has 0 atom stereocenters. The Morgan fingerprint density at radius 3 is 3.00 bits per heavy atom. The molecule has 1 heterocycles. The van der Waals surface area contributed by atoms with Crippen LogP contribution in [0, 0.1) is 5.82 Å². The lowest BCUT2D eigenvalue weighted by molar-refractivity contribution is 0.617. The van der Waals surface area contributed by atoms with E-state index in [0.29, 0.717) is 6.04 Å². The number of nitrogens with one attached hydrogen (secondary N) is 1. The summed E-state index contributed by atoms with van der Waals surface area (Å²) in [4.78, 5) is 4.50. The number of hydrogen-bond donors (Lipinski definition) is 1. The van der Waals surface area contributed by atoms with Crippen molar-refractivity contribution in [1.29, 1.82) is 0 Å². The number of benzene rings is 1. The van der Waals surface area contributed by atoms with Gasteiger partial charge in [0.2, 0.25) is 0 Å². The van der Waals surface area contributed by atoms with E-state index < -0.39 is 0 Å². The minimum absolute atomic E-state index is 0.222. The Balaban J connectivity index is 1.97. The van der Waals surface area contributed by atoms with E-state index >= 15 is 0 Å². The van der Waals surface area contributed by atoms with Gasteiger partial charge in [-0.05, 0) is 31.9 Å². The monoisotopic (exact) mass is 233 g/mol. The Hall–Kier alpha value is -1.42. The van der Waals surface area contributed by atoms with E-state index in [9.17, 15) is 4.39 Å². The zero-order valence-electron chi connectivity index (χ0n) is 9.91. The van der Waals surface area contributed by atoms with Gasteiger partial charge >= 0.3 is 0 Å². The predicted molar refractivity (Wildman–Crippen MR) is 65.2 cm³/mol. The van der Waals surface area contributed by atoms with Gasteiger partial charge in [0.05, 0.1) is 17.6 Å². The molecule has 0 radical (unpaired) electrons. The molecular formula is C13H16FN3.